The van der Waals surface area contributed by atoms with Gasteiger partial charge in [-0.2, -0.15) is 4.31 Å². The van der Waals surface area contributed by atoms with E-state index in [2.05, 4.69) is 15.8 Å². The van der Waals surface area contributed by atoms with E-state index in [1.807, 2.05) is 47.8 Å². The third-order valence-electron chi connectivity index (χ3n) is 4.69. The van der Waals surface area contributed by atoms with Crippen molar-refractivity contribution in [1.29, 1.82) is 0 Å². The van der Waals surface area contributed by atoms with Crippen LogP contribution in [0.2, 0.25) is 0 Å². The van der Waals surface area contributed by atoms with E-state index in [0.717, 1.165) is 41.3 Å². The summed E-state index contributed by atoms with van der Waals surface area (Å²) in [6.07, 6.45) is 2.97. The summed E-state index contributed by atoms with van der Waals surface area (Å²) in [5, 5.41) is 2.69. The smallest absolute Gasteiger partial charge is 0.243 e. The van der Waals surface area contributed by atoms with Crippen molar-refractivity contribution in [3.8, 4) is 11.3 Å². The van der Waals surface area contributed by atoms with Gasteiger partial charge in [0.1, 0.15) is 0 Å². The molecule has 1 fully saturated rings. The lowest BCUT2D eigenvalue weighted by Gasteiger charge is -2.25. The molecule has 4 rings (SSSR count). The maximum atomic E-state index is 12.8. The molecule has 1 saturated heterocycles. The molecule has 0 radical (unpaired) electrons. The van der Waals surface area contributed by atoms with Gasteiger partial charge in [-0.25, -0.2) is 13.4 Å². The van der Waals surface area contributed by atoms with E-state index in [4.69, 9.17) is 0 Å². The number of anilines is 2. The maximum Gasteiger partial charge on any atom is 0.243 e. The molecule has 2 heterocycles. The number of thiazole rings is 1. The Morgan fingerprint density at radius 2 is 1.61 bits per heavy atom. The number of nitrogens with one attached hydrogen (secondary N) is 2. The molecule has 0 bridgehead atoms. The number of nitrogens with zero attached hydrogens (tertiary/aromatic N) is 2. The highest BCUT2D eigenvalue weighted by atomic mass is 32.2. The Hall–Kier alpha value is -2.42. The van der Waals surface area contributed by atoms with Crippen molar-refractivity contribution in [2.24, 2.45) is 0 Å². The largest absolute Gasteiger partial charge is 0.299 e. The summed E-state index contributed by atoms with van der Waals surface area (Å²) in [6, 6.07) is 16.8. The number of hydrazine groups is 1. The fourth-order valence-electron chi connectivity index (χ4n) is 3.16. The summed E-state index contributed by atoms with van der Waals surface area (Å²) < 4.78 is 27.1. The van der Waals surface area contributed by atoms with Crippen molar-refractivity contribution in [1.82, 2.24) is 9.29 Å². The van der Waals surface area contributed by atoms with Crippen molar-refractivity contribution in [2.75, 3.05) is 23.9 Å². The number of benzene rings is 2. The number of piperidine rings is 1. The molecule has 0 saturated carbocycles. The SMILES string of the molecule is O=S(=O)(c1ccc(-c2csc(NNc3ccccc3)n2)cc1)N1CCCCC1. The molecule has 1 aromatic heterocycles. The Kier molecular flexibility index (Phi) is 5.61. The molecule has 1 aliphatic rings. The lowest BCUT2D eigenvalue weighted by molar-refractivity contribution is 0.346. The molecule has 2 aromatic carbocycles. The highest BCUT2D eigenvalue weighted by molar-refractivity contribution is 7.89. The first-order chi connectivity index (χ1) is 13.6. The van der Waals surface area contributed by atoms with Gasteiger partial charge >= 0.3 is 0 Å². The zero-order valence-electron chi connectivity index (χ0n) is 15.3. The van der Waals surface area contributed by atoms with Crippen molar-refractivity contribution in [3.63, 3.8) is 0 Å². The van der Waals surface area contributed by atoms with Crippen LogP contribution in [0.3, 0.4) is 0 Å². The van der Waals surface area contributed by atoms with Gasteiger partial charge in [0, 0.05) is 24.0 Å². The predicted octanol–water partition coefficient (Wildman–Crippen LogP) is 4.42. The van der Waals surface area contributed by atoms with Gasteiger partial charge in [-0.05, 0) is 37.1 Å². The van der Waals surface area contributed by atoms with Crippen LogP contribution in [0.5, 0.6) is 0 Å². The fraction of sp³-hybridized carbons (Fsp3) is 0.250. The number of rotatable bonds is 6. The van der Waals surface area contributed by atoms with Crippen LogP contribution in [0.4, 0.5) is 10.8 Å². The average Bonchev–Trinajstić information content (AvgIpc) is 3.23. The van der Waals surface area contributed by atoms with Gasteiger partial charge in [-0.1, -0.05) is 36.8 Å². The molecule has 0 atom stereocenters. The second-order valence-electron chi connectivity index (χ2n) is 6.64. The normalized spacial score (nSPS) is 15.3. The molecule has 28 heavy (non-hydrogen) atoms. The van der Waals surface area contributed by atoms with Gasteiger partial charge in [0.25, 0.3) is 0 Å². The highest BCUT2D eigenvalue weighted by Crippen LogP contribution is 2.27. The first kappa shape index (κ1) is 18.9. The van der Waals surface area contributed by atoms with Crippen LogP contribution in [-0.2, 0) is 10.0 Å². The molecule has 0 aliphatic carbocycles. The first-order valence-electron chi connectivity index (χ1n) is 9.26. The summed E-state index contributed by atoms with van der Waals surface area (Å²) in [6.45, 7) is 1.22. The molecule has 6 nitrogen and oxygen atoms in total. The van der Waals surface area contributed by atoms with Crippen molar-refractivity contribution >= 4 is 32.2 Å². The van der Waals surface area contributed by atoms with Gasteiger partial charge in [-0.15, -0.1) is 11.3 Å². The summed E-state index contributed by atoms with van der Waals surface area (Å²) in [7, 11) is -3.40. The Morgan fingerprint density at radius 1 is 0.893 bits per heavy atom. The molecule has 3 aromatic rings. The van der Waals surface area contributed by atoms with Gasteiger partial charge in [-0.3, -0.25) is 10.9 Å². The van der Waals surface area contributed by atoms with E-state index in [9.17, 15) is 8.42 Å². The van der Waals surface area contributed by atoms with E-state index in [1.54, 1.807) is 16.4 Å². The number of aromatic nitrogens is 1. The summed E-state index contributed by atoms with van der Waals surface area (Å²) in [4.78, 5) is 4.91. The minimum absolute atomic E-state index is 0.345. The van der Waals surface area contributed by atoms with Gasteiger partial charge in [0.2, 0.25) is 15.2 Å². The minimum Gasteiger partial charge on any atom is -0.299 e. The van der Waals surface area contributed by atoms with Crippen LogP contribution in [0.15, 0.2) is 64.9 Å². The third kappa shape index (κ3) is 4.19. The monoisotopic (exact) mass is 414 g/mol. The minimum atomic E-state index is -3.40. The molecule has 8 heteroatoms. The van der Waals surface area contributed by atoms with Crippen molar-refractivity contribution in [2.45, 2.75) is 24.2 Å². The molecule has 0 unspecified atom stereocenters. The van der Waals surface area contributed by atoms with E-state index in [0.29, 0.717) is 18.0 Å². The zero-order chi connectivity index (χ0) is 19.4. The lowest BCUT2D eigenvalue weighted by Crippen LogP contribution is -2.35. The Bertz CT molecular complexity index is 1010. The van der Waals surface area contributed by atoms with E-state index in [-0.39, 0.29) is 0 Å². The van der Waals surface area contributed by atoms with E-state index < -0.39 is 10.0 Å². The van der Waals surface area contributed by atoms with Crippen molar-refractivity contribution < 1.29 is 8.42 Å². The molecular weight excluding hydrogens is 392 g/mol. The van der Waals surface area contributed by atoms with Crippen LogP contribution in [-0.4, -0.2) is 30.8 Å². The van der Waals surface area contributed by atoms with Crippen LogP contribution < -0.4 is 10.9 Å². The number of para-hydroxylation sites is 1. The average molecular weight is 415 g/mol. The molecular formula is C20H22N4O2S2. The number of hydrogen-bond acceptors (Lipinski definition) is 6. The van der Waals surface area contributed by atoms with Crippen LogP contribution >= 0.6 is 11.3 Å². The number of hydrogen-bond donors (Lipinski definition) is 2. The van der Waals surface area contributed by atoms with Crippen molar-refractivity contribution in [3.05, 3.63) is 60.0 Å². The summed E-state index contributed by atoms with van der Waals surface area (Å²) in [5.41, 5.74) is 8.84. The molecule has 146 valence electrons. The second-order valence-corrected chi connectivity index (χ2v) is 9.44. The van der Waals surface area contributed by atoms with Crippen LogP contribution in [0.1, 0.15) is 19.3 Å². The molecule has 0 amide bonds. The zero-order valence-corrected chi connectivity index (χ0v) is 17.0. The summed E-state index contributed by atoms with van der Waals surface area (Å²) in [5.74, 6) is 0. The lowest BCUT2D eigenvalue weighted by atomic mass is 10.2. The number of sulfonamides is 1. The quantitative estimate of drug-likeness (QED) is 0.584. The highest BCUT2D eigenvalue weighted by Gasteiger charge is 2.25. The first-order valence-corrected chi connectivity index (χ1v) is 11.6. The third-order valence-corrected chi connectivity index (χ3v) is 7.37. The Labute approximate surface area is 169 Å². The molecule has 1 aliphatic heterocycles. The maximum absolute atomic E-state index is 12.8. The second kappa shape index (κ2) is 8.30. The van der Waals surface area contributed by atoms with Gasteiger partial charge < -0.3 is 0 Å². The van der Waals surface area contributed by atoms with Crippen LogP contribution in [0.25, 0.3) is 11.3 Å². The topological polar surface area (TPSA) is 74.3 Å². The predicted molar refractivity (Wildman–Crippen MR) is 114 cm³/mol. The van der Waals surface area contributed by atoms with Gasteiger partial charge in [0.05, 0.1) is 16.3 Å². The van der Waals surface area contributed by atoms with E-state index >= 15 is 0 Å². The van der Waals surface area contributed by atoms with Crippen LogP contribution in [0, 0.1) is 0 Å². The fourth-order valence-corrected chi connectivity index (χ4v) is 5.35. The standard InChI is InChI=1S/C20H22N4O2S2/c25-28(26,24-13-5-2-6-14-24)18-11-9-16(10-12-18)19-15-27-20(21-19)23-22-17-7-3-1-4-8-17/h1,3-4,7-12,15,22H,2,5-6,13-14H2,(H,21,23). The molecule has 0 spiro atoms. The van der Waals surface area contributed by atoms with E-state index in [1.165, 1.54) is 11.3 Å². The summed E-state index contributed by atoms with van der Waals surface area (Å²) >= 11 is 1.48. The Morgan fingerprint density at radius 3 is 2.32 bits per heavy atom. The van der Waals surface area contributed by atoms with Gasteiger partial charge in [0.15, 0.2) is 0 Å². The molecule has 2 N–H and O–H groups in total. The Balaban J connectivity index is 1.45.